The molecule has 0 aliphatic rings. The third-order valence-electron chi connectivity index (χ3n) is 2.41. The summed E-state index contributed by atoms with van der Waals surface area (Å²) >= 11 is 0. The molecule has 0 fully saturated rings. The number of nitrogens with one attached hydrogen (secondary N) is 1. The molecule has 5 nitrogen and oxygen atoms in total. The van der Waals surface area contributed by atoms with Crippen LogP contribution in [-0.2, 0) is 4.74 Å². The number of fused-ring (bicyclic) bond motifs is 1. The maximum atomic E-state index is 13.3. The Balaban J connectivity index is 2.69. The summed E-state index contributed by atoms with van der Waals surface area (Å²) in [5.74, 6) is -1.30. The molecule has 2 aromatic rings. The Labute approximate surface area is 96.0 Å². The van der Waals surface area contributed by atoms with E-state index in [-0.39, 0.29) is 11.2 Å². The van der Waals surface area contributed by atoms with Crippen LogP contribution < -0.4 is 5.59 Å². The molecule has 88 valence electrons. The summed E-state index contributed by atoms with van der Waals surface area (Å²) in [5.41, 5.74) is 0.412. The molecule has 0 radical (unpaired) electrons. The molecule has 0 saturated heterocycles. The van der Waals surface area contributed by atoms with Gasteiger partial charge in [-0.2, -0.15) is 0 Å². The summed E-state index contributed by atoms with van der Waals surface area (Å²) in [5, 5.41) is 18.4. The van der Waals surface area contributed by atoms with Gasteiger partial charge in [-0.1, -0.05) is 0 Å². The lowest BCUT2D eigenvalue weighted by atomic mass is 9.86. The van der Waals surface area contributed by atoms with Crippen LogP contribution in [0.4, 0.5) is 4.39 Å². The SMILES string of the molecule is COC(=O)c1cc(F)cc2[nH]c(B(O)O)cc12. The number of aromatic amines is 1. The second-order valence-electron chi connectivity index (χ2n) is 3.50. The molecule has 1 heterocycles. The Bertz CT molecular complexity index is 581. The maximum Gasteiger partial charge on any atom is 0.505 e. The van der Waals surface area contributed by atoms with Crippen LogP contribution in [0.1, 0.15) is 10.4 Å². The van der Waals surface area contributed by atoms with E-state index in [1.165, 1.54) is 13.2 Å². The van der Waals surface area contributed by atoms with Crippen molar-refractivity contribution in [3.63, 3.8) is 0 Å². The van der Waals surface area contributed by atoms with E-state index in [9.17, 15) is 9.18 Å². The number of halogens is 1. The lowest BCUT2D eigenvalue weighted by Gasteiger charge is -2.01. The van der Waals surface area contributed by atoms with Crippen LogP contribution in [0, 0.1) is 5.82 Å². The molecule has 0 atom stereocenters. The first-order valence-electron chi connectivity index (χ1n) is 4.79. The molecule has 3 N–H and O–H groups in total. The molecule has 0 saturated carbocycles. The van der Waals surface area contributed by atoms with E-state index in [2.05, 4.69) is 9.72 Å². The van der Waals surface area contributed by atoms with E-state index < -0.39 is 18.9 Å². The summed E-state index contributed by atoms with van der Waals surface area (Å²) in [6, 6.07) is 3.56. The van der Waals surface area contributed by atoms with Gasteiger partial charge in [-0.3, -0.25) is 0 Å². The highest BCUT2D eigenvalue weighted by Gasteiger charge is 2.19. The van der Waals surface area contributed by atoms with Crippen molar-refractivity contribution < 1.29 is 24.0 Å². The van der Waals surface area contributed by atoms with Gasteiger partial charge in [-0.15, -0.1) is 0 Å². The van der Waals surface area contributed by atoms with Crippen molar-refractivity contribution in [3.8, 4) is 0 Å². The third-order valence-corrected chi connectivity index (χ3v) is 2.41. The van der Waals surface area contributed by atoms with Crippen LogP contribution in [0.5, 0.6) is 0 Å². The van der Waals surface area contributed by atoms with Gasteiger partial charge >= 0.3 is 13.1 Å². The van der Waals surface area contributed by atoms with Crippen molar-refractivity contribution in [2.75, 3.05) is 7.11 Å². The Hall–Kier alpha value is -1.86. The number of aromatic nitrogens is 1. The molecule has 0 aliphatic heterocycles. The van der Waals surface area contributed by atoms with Gasteiger partial charge in [0, 0.05) is 16.5 Å². The zero-order valence-corrected chi connectivity index (χ0v) is 8.90. The first kappa shape index (κ1) is 11.6. The molecule has 0 amide bonds. The van der Waals surface area contributed by atoms with Crippen LogP contribution >= 0.6 is 0 Å². The second-order valence-corrected chi connectivity index (χ2v) is 3.50. The van der Waals surface area contributed by atoms with Crippen LogP contribution in [0.15, 0.2) is 18.2 Å². The number of hydrogen-bond donors (Lipinski definition) is 3. The van der Waals surface area contributed by atoms with Gasteiger partial charge in [0.15, 0.2) is 0 Å². The van der Waals surface area contributed by atoms with Gasteiger partial charge in [0.25, 0.3) is 0 Å². The molecular weight excluding hydrogens is 228 g/mol. The fraction of sp³-hybridized carbons (Fsp3) is 0.100. The number of rotatable bonds is 2. The Kier molecular flexibility index (Phi) is 2.87. The minimum atomic E-state index is -1.71. The summed E-state index contributed by atoms with van der Waals surface area (Å²) in [4.78, 5) is 14.0. The Morgan fingerprint density at radius 2 is 2.12 bits per heavy atom. The third kappa shape index (κ3) is 2.02. The zero-order valence-electron chi connectivity index (χ0n) is 8.90. The topological polar surface area (TPSA) is 82.6 Å². The number of H-pyrrole nitrogens is 1. The fourth-order valence-electron chi connectivity index (χ4n) is 1.64. The number of benzene rings is 1. The Morgan fingerprint density at radius 3 is 2.71 bits per heavy atom. The molecule has 1 aromatic carbocycles. The minimum absolute atomic E-state index is 0.0330. The number of hydrogen-bond acceptors (Lipinski definition) is 4. The smallest absolute Gasteiger partial charge is 0.465 e. The fourth-order valence-corrected chi connectivity index (χ4v) is 1.64. The van der Waals surface area contributed by atoms with Gasteiger partial charge in [0.2, 0.25) is 0 Å². The predicted molar refractivity (Wildman–Crippen MR) is 59.4 cm³/mol. The molecule has 0 spiro atoms. The molecular formula is C10H9BFNO4. The number of esters is 1. The van der Waals surface area contributed by atoms with Crippen LogP contribution in [-0.4, -0.2) is 35.2 Å². The summed E-state index contributed by atoms with van der Waals surface area (Å²) in [6.07, 6.45) is 0. The minimum Gasteiger partial charge on any atom is -0.465 e. The summed E-state index contributed by atoms with van der Waals surface area (Å²) in [7, 11) is -0.524. The van der Waals surface area contributed by atoms with E-state index in [0.717, 1.165) is 12.1 Å². The van der Waals surface area contributed by atoms with Gasteiger partial charge in [-0.25, -0.2) is 9.18 Å². The second kappa shape index (κ2) is 4.19. The Morgan fingerprint density at radius 1 is 1.41 bits per heavy atom. The van der Waals surface area contributed by atoms with Gasteiger partial charge in [-0.05, 0) is 18.2 Å². The average Bonchev–Trinajstić information content (AvgIpc) is 2.70. The van der Waals surface area contributed by atoms with Gasteiger partial charge in [0.1, 0.15) is 5.82 Å². The molecule has 7 heteroatoms. The number of methoxy groups -OCH3 is 1. The monoisotopic (exact) mass is 237 g/mol. The molecule has 0 bridgehead atoms. The summed E-state index contributed by atoms with van der Waals surface area (Å²) < 4.78 is 17.8. The lowest BCUT2D eigenvalue weighted by Crippen LogP contribution is -2.30. The van der Waals surface area contributed by atoms with Gasteiger partial charge in [0.05, 0.1) is 12.7 Å². The highest BCUT2D eigenvalue weighted by molar-refractivity contribution is 6.58. The van der Waals surface area contributed by atoms with Crippen molar-refractivity contribution in [2.24, 2.45) is 0 Å². The quantitative estimate of drug-likeness (QED) is 0.497. The van der Waals surface area contributed by atoms with Crippen molar-refractivity contribution in [3.05, 3.63) is 29.6 Å². The molecule has 0 unspecified atom stereocenters. The average molecular weight is 237 g/mol. The van der Waals surface area contributed by atoms with Crippen molar-refractivity contribution in [1.82, 2.24) is 4.98 Å². The molecule has 2 rings (SSSR count). The summed E-state index contributed by atoms with van der Waals surface area (Å²) in [6.45, 7) is 0. The van der Waals surface area contributed by atoms with Crippen LogP contribution in [0.3, 0.4) is 0 Å². The van der Waals surface area contributed by atoms with E-state index in [1.807, 2.05) is 0 Å². The van der Waals surface area contributed by atoms with Crippen LogP contribution in [0.2, 0.25) is 0 Å². The first-order valence-corrected chi connectivity index (χ1v) is 4.79. The van der Waals surface area contributed by atoms with E-state index in [4.69, 9.17) is 10.0 Å². The maximum absolute atomic E-state index is 13.3. The van der Waals surface area contributed by atoms with Crippen LogP contribution in [0.25, 0.3) is 10.9 Å². The standard InChI is InChI=1S/C10H9BFNO4/c1-17-10(14)7-2-5(12)3-8-6(7)4-9(13-8)11(15)16/h2-4,13,15-16H,1H3. The predicted octanol–water partition coefficient (Wildman–Crippen LogP) is -0.227. The number of carbonyl (C=O) groups excluding carboxylic acids is 1. The highest BCUT2D eigenvalue weighted by atomic mass is 19.1. The highest BCUT2D eigenvalue weighted by Crippen LogP contribution is 2.19. The number of ether oxygens (including phenoxy) is 1. The van der Waals surface area contributed by atoms with E-state index in [0.29, 0.717) is 10.9 Å². The van der Waals surface area contributed by atoms with E-state index in [1.54, 1.807) is 0 Å². The first-order chi connectivity index (χ1) is 8.02. The van der Waals surface area contributed by atoms with E-state index >= 15 is 0 Å². The van der Waals surface area contributed by atoms with Gasteiger partial charge < -0.3 is 19.8 Å². The van der Waals surface area contributed by atoms with Crippen molar-refractivity contribution in [1.29, 1.82) is 0 Å². The normalized spacial score (nSPS) is 10.6. The molecule has 17 heavy (non-hydrogen) atoms. The lowest BCUT2D eigenvalue weighted by molar-refractivity contribution is 0.0602. The van der Waals surface area contributed by atoms with Crippen molar-refractivity contribution in [2.45, 2.75) is 0 Å². The van der Waals surface area contributed by atoms with Crippen molar-refractivity contribution >= 4 is 29.6 Å². The largest absolute Gasteiger partial charge is 0.505 e. The zero-order chi connectivity index (χ0) is 12.6. The molecule has 0 aliphatic carbocycles. The molecule has 1 aromatic heterocycles. The number of carbonyl (C=O) groups is 1.